The zero-order chi connectivity index (χ0) is 20.1. The molecule has 0 aliphatic rings. The van der Waals surface area contributed by atoms with Gasteiger partial charge in [-0.3, -0.25) is 4.68 Å². The van der Waals surface area contributed by atoms with E-state index in [2.05, 4.69) is 20.1 Å². The number of aromatic nitrogens is 5. The largest absolute Gasteiger partial charge is 0.435 e. The molecule has 5 nitrogen and oxygen atoms in total. The summed E-state index contributed by atoms with van der Waals surface area (Å²) in [6.07, 6.45) is -3.22. The van der Waals surface area contributed by atoms with Gasteiger partial charge in [0.05, 0.1) is 28.2 Å². The molecule has 1 N–H and O–H groups in total. The minimum Gasteiger partial charge on any atom is -0.338 e. The van der Waals surface area contributed by atoms with Crippen molar-refractivity contribution in [2.45, 2.75) is 19.6 Å². The Morgan fingerprint density at radius 3 is 2.68 bits per heavy atom. The highest BCUT2D eigenvalue weighted by Crippen LogP contribution is 2.33. The Bertz CT molecular complexity index is 1160. The van der Waals surface area contributed by atoms with Crippen LogP contribution < -0.4 is 0 Å². The second-order valence-corrected chi connectivity index (χ2v) is 6.40. The molecule has 0 bridgehead atoms. The van der Waals surface area contributed by atoms with Gasteiger partial charge in [-0.2, -0.15) is 18.3 Å². The molecule has 10 heteroatoms. The Balaban J connectivity index is 1.83. The Morgan fingerprint density at radius 2 is 2.00 bits per heavy atom. The Kier molecular flexibility index (Phi) is 4.34. The summed E-state index contributed by atoms with van der Waals surface area (Å²) in [6.45, 7) is 1.91. The van der Waals surface area contributed by atoms with Gasteiger partial charge in [0.1, 0.15) is 17.0 Å². The summed E-state index contributed by atoms with van der Waals surface area (Å²) in [5.74, 6) is -0.516. The molecule has 0 radical (unpaired) electrons. The van der Waals surface area contributed by atoms with Gasteiger partial charge in [0.15, 0.2) is 11.3 Å². The molecule has 0 aliphatic heterocycles. The lowest BCUT2D eigenvalue weighted by atomic mass is 10.1. The zero-order valence-corrected chi connectivity index (χ0v) is 15.1. The number of H-pyrrole nitrogens is 1. The maximum Gasteiger partial charge on any atom is 0.435 e. The molecular weight excluding hydrogens is 398 g/mol. The first kappa shape index (κ1) is 18.4. The van der Waals surface area contributed by atoms with E-state index in [1.165, 1.54) is 23.0 Å². The van der Waals surface area contributed by atoms with Crippen LogP contribution >= 0.6 is 11.6 Å². The quantitative estimate of drug-likeness (QED) is 0.466. The predicted octanol–water partition coefficient (Wildman–Crippen LogP) is 5.32. The van der Waals surface area contributed by atoms with Crippen LogP contribution in [0.15, 0.2) is 36.5 Å². The van der Waals surface area contributed by atoms with E-state index in [1.54, 1.807) is 19.1 Å². The number of alkyl halides is 3. The van der Waals surface area contributed by atoms with Crippen LogP contribution in [0.5, 0.6) is 0 Å². The van der Waals surface area contributed by atoms with Crippen LogP contribution in [0.25, 0.3) is 33.8 Å². The van der Waals surface area contributed by atoms with Crippen molar-refractivity contribution in [3.8, 4) is 22.6 Å². The number of aromatic amines is 1. The van der Waals surface area contributed by atoms with E-state index in [-0.39, 0.29) is 28.5 Å². The van der Waals surface area contributed by atoms with Gasteiger partial charge >= 0.3 is 6.18 Å². The van der Waals surface area contributed by atoms with Crippen molar-refractivity contribution in [1.82, 2.24) is 24.7 Å². The molecule has 0 aliphatic carbocycles. The zero-order valence-electron chi connectivity index (χ0n) is 14.3. The molecule has 3 aromatic heterocycles. The van der Waals surface area contributed by atoms with Gasteiger partial charge in [-0.1, -0.05) is 17.7 Å². The summed E-state index contributed by atoms with van der Waals surface area (Å²) >= 11 is 6.08. The molecule has 3 heterocycles. The van der Waals surface area contributed by atoms with Crippen LogP contribution in [0.2, 0.25) is 5.02 Å². The number of aryl methyl sites for hydroxylation is 1. The first-order chi connectivity index (χ1) is 13.3. The molecule has 0 fully saturated rings. The van der Waals surface area contributed by atoms with E-state index in [0.717, 1.165) is 6.07 Å². The number of fused-ring (bicyclic) bond motifs is 1. The highest BCUT2D eigenvalue weighted by molar-refractivity contribution is 6.33. The van der Waals surface area contributed by atoms with E-state index in [9.17, 15) is 17.6 Å². The van der Waals surface area contributed by atoms with Crippen LogP contribution in [0.4, 0.5) is 17.6 Å². The molecule has 28 heavy (non-hydrogen) atoms. The van der Waals surface area contributed by atoms with Crippen molar-refractivity contribution in [1.29, 1.82) is 0 Å². The number of rotatable bonds is 3. The van der Waals surface area contributed by atoms with E-state index >= 15 is 0 Å². The number of nitrogens with zero attached hydrogens (tertiary/aromatic N) is 4. The smallest absolute Gasteiger partial charge is 0.338 e. The highest BCUT2D eigenvalue weighted by Gasteiger charge is 2.35. The normalized spacial score (nSPS) is 12.1. The fourth-order valence-electron chi connectivity index (χ4n) is 2.92. The number of hydrogen-bond donors (Lipinski definition) is 1. The number of nitrogens with one attached hydrogen (secondary N) is 1. The van der Waals surface area contributed by atoms with Gasteiger partial charge in [0.25, 0.3) is 0 Å². The Labute approximate surface area is 161 Å². The number of benzene rings is 1. The van der Waals surface area contributed by atoms with E-state index in [0.29, 0.717) is 16.9 Å². The summed E-state index contributed by atoms with van der Waals surface area (Å²) in [7, 11) is 0. The van der Waals surface area contributed by atoms with Crippen molar-refractivity contribution in [3.05, 3.63) is 53.1 Å². The molecular formula is C18H12ClF4N5. The molecule has 4 aromatic rings. The Morgan fingerprint density at radius 1 is 1.21 bits per heavy atom. The third-order valence-electron chi connectivity index (χ3n) is 4.20. The topological polar surface area (TPSA) is 59.4 Å². The van der Waals surface area contributed by atoms with Crippen LogP contribution in [-0.2, 0) is 12.7 Å². The lowest BCUT2D eigenvalue weighted by molar-refractivity contribution is -0.141. The fraction of sp³-hybridized carbons (Fsp3) is 0.167. The minimum atomic E-state index is -4.56. The van der Waals surface area contributed by atoms with Gasteiger partial charge in [-0.15, -0.1) is 0 Å². The summed E-state index contributed by atoms with van der Waals surface area (Å²) < 4.78 is 54.3. The van der Waals surface area contributed by atoms with E-state index in [4.69, 9.17) is 11.6 Å². The van der Waals surface area contributed by atoms with Crippen molar-refractivity contribution in [2.24, 2.45) is 0 Å². The van der Waals surface area contributed by atoms with Crippen LogP contribution in [0.3, 0.4) is 0 Å². The lowest BCUT2D eigenvalue weighted by Crippen LogP contribution is -2.07. The summed E-state index contributed by atoms with van der Waals surface area (Å²) in [5, 5.41) is 3.80. The molecule has 144 valence electrons. The molecule has 4 rings (SSSR count). The molecule has 0 unspecified atom stereocenters. The van der Waals surface area contributed by atoms with Crippen LogP contribution in [-0.4, -0.2) is 24.7 Å². The van der Waals surface area contributed by atoms with Crippen molar-refractivity contribution in [2.75, 3.05) is 0 Å². The summed E-state index contributed by atoms with van der Waals surface area (Å²) in [5.41, 5.74) is 0.678. The molecule has 0 saturated carbocycles. The standard InChI is InChI=1S/C18H12ClF4N5/c1-2-28-14(7-15(27-28)18(21,22)23)13-8-24-17-12(25-13)6-11(26-17)16-9(19)4-3-5-10(16)20/h3-8H,2H2,1H3,(H,24,26). The van der Waals surface area contributed by atoms with E-state index in [1.807, 2.05) is 0 Å². The first-order valence-electron chi connectivity index (χ1n) is 8.23. The van der Waals surface area contributed by atoms with Gasteiger partial charge in [-0.05, 0) is 31.2 Å². The lowest BCUT2D eigenvalue weighted by Gasteiger charge is -2.03. The first-order valence-corrected chi connectivity index (χ1v) is 8.61. The minimum absolute atomic E-state index is 0.170. The molecule has 0 spiro atoms. The van der Waals surface area contributed by atoms with Gasteiger partial charge in [-0.25, -0.2) is 14.4 Å². The average molecular weight is 410 g/mol. The van der Waals surface area contributed by atoms with Crippen LogP contribution in [0, 0.1) is 5.82 Å². The summed E-state index contributed by atoms with van der Waals surface area (Å²) in [6, 6.07) is 6.80. The summed E-state index contributed by atoms with van der Waals surface area (Å²) in [4.78, 5) is 11.5. The maximum atomic E-state index is 14.2. The van der Waals surface area contributed by atoms with E-state index < -0.39 is 17.7 Å². The molecule has 0 saturated heterocycles. The predicted molar refractivity (Wildman–Crippen MR) is 96.2 cm³/mol. The SMILES string of the molecule is CCn1nc(C(F)(F)F)cc1-c1cnc2[nH]c(-c3c(F)cccc3Cl)cc2n1. The van der Waals surface area contributed by atoms with Crippen molar-refractivity contribution < 1.29 is 17.6 Å². The van der Waals surface area contributed by atoms with Crippen LogP contribution in [0.1, 0.15) is 12.6 Å². The molecule has 0 atom stereocenters. The highest BCUT2D eigenvalue weighted by atomic mass is 35.5. The van der Waals surface area contributed by atoms with Gasteiger partial charge < -0.3 is 4.98 Å². The van der Waals surface area contributed by atoms with Crippen molar-refractivity contribution >= 4 is 22.8 Å². The second-order valence-electron chi connectivity index (χ2n) is 6.00. The van der Waals surface area contributed by atoms with Crippen molar-refractivity contribution in [3.63, 3.8) is 0 Å². The Hall–Kier alpha value is -2.94. The monoisotopic (exact) mass is 409 g/mol. The number of hydrogen-bond acceptors (Lipinski definition) is 3. The third kappa shape index (κ3) is 3.11. The maximum absolute atomic E-state index is 14.2. The fourth-order valence-corrected chi connectivity index (χ4v) is 3.18. The van der Waals surface area contributed by atoms with Gasteiger partial charge in [0, 0.05) is 6.54 Å². The van der Waals surface area contributed by atoms with Gasteiger partial charge in [0.2, 0.25) is 0 Å². The number of halogens is 5. The average Bonchev–Trinajstić information content (AvgIpc) is 3.24. The second kappa shape index (κ2) is 6.59. The third-order valence-corrected chi connectivity index (χ3v) is 4.51. The molecule has 0 amide bonds. The molecule has 1 aromatic carbocycles.